The molecule has 0 spiro atoms. The maximum Gasteiger partial charge on any atom is 0.336 e. The highest BCUT2D eigenvalue weighted by Gasteiger charge is 2.12. The van der Waals surface area contributed by atoms with Crippen molar-refractivity contribution in [3.63, 3.8) is 0 Å². The van der Waals surface area contributed by atoms with Crippen LogP contribution in [0.5, 0.6) is 0 Å². The van der Waals surface area contributed by atoms with E-state index in [4.69, 9.17) is 4.42 Å². The van der Waals surface area contributed by atoms with E-state index in [2.05, 4.69) is 37.0 Å². The maximum atomic E-state index is 11.8. The van der Waals surface area contributed by atoms with Gasteiger partial charge in [-0.25, -0.2) is 4.79 Å². The first-order valence-corrected chi connectivity index (χ1v) is 8.50. The molecule has 0 radical (unpaired) electrons. The van der Waals surface area contributed by atoms with Crippen molar-refractivity contribution < 1.29 is 4.42 Å². The Balaban J connectivity index is 1.98. The Morgan fingerprint density at radius 2 is 1.96 bits per heavy atom. The van der Waals surface area contributed by atoms with Gasteiger partial charge in [-0.1, -0.05) is 11.8 Å². The smallest absolute Gasteiger partial charge is 0.336 e. The molecular formula is C17H19N3O2S. The fourth-order valence-electron chi connectivity index (χ4n) is 2.43. The Hall–Kier alpha value is -2.08. The van der Waals surface area contributed by atoms with Gasteiger partial charge in [0.25, 0.3) is 0 Å². The topological polar surface area (TPSA) is 60.9 Å². The van der Waals surface area contributed by atoms with Crippen LogP contribution >= 0.6 is 11.8 Å². The molecule has 0 amide bonds. The van der Waals surface area contributed by atoms with E-state index in [1.54, 1.807) is 24.2 Å². The Morgan fingerprint density at radius 1 is 1.22 bits per heavy atom. The number of aromatic nitrogens is 3. The van der Waals surface area contributed by atoms with E-state index >= 15 is 0 Å². The van der Waals surface area contributed by atoms with Crippen LogP contribution in [0.15, 0.2) is 38.9 Å². The van der Waals surface area contributed by atoms with E-state index in [0.717, 1.165) is 21.7 Å². The lowest BCUT2D eigenvalue weighted by atomic mass is 10.0. The van der Waals surface area contributed by atoms with Gasteiger partial charge in [-0.3, -0.25) is 0 Å². The summed E-state index contributed by atoms with van der Waals surface area (Å²) < 4.78 is 7.36. The SMILES string of the molecule is Cc1cc2oc(=O)cc(CSc3nncn3C(C)C)c2cc1C. The van der Waals surface area contributed by atoms with Gasteiger partial charge in [0.15, 0.2) is 5.16 Å². The van der Waals surface area contributed by atoms with Gasteiger partial charge in [-0.2, -0.15) is 0 Å². The predicted octanol–water partition coefficient (Wildman–Crippen LogP) is 3.87. The third kappa shape index (κ3) is 3.17. The van der Waals surface area contributed by atoms with Crippen LogP contribution in [0.25, 0.3) is 11.0 Å². The predicted molar refractivity (Wildman–Crippen MR) is 91.9 cm³/mol. The molecular weight excluding hydrogens is 310 g/mol. The molecule has 0 saturated heterocycles. The zero-order chi connectivity index (χ0) is 16.6. The highest BCUT2D eigenvalue weighted by Crippen LogP contribution is 2.28. The van der Waals surface area contributed by atoms with Gasteiger partial charge in [0, 0.05) is 23.2 Å². The summed E-state index contributed by atoms with van der Waals surface area (Å²) in [5.74, 6) is 0.649. The van der Waals surface area contributed by atoms with Crippen LogP contribution in [0.1, 0.15) is 36.6 Å². The molecule has 2 aromatic heterocycles. The van der Waals surface area contributed by atoms with Gasteiger partial charge in [0.1, 0.15) is 11.9 Å². The average Bonchev–Trinajstić information content (AvgIpc) is 2.95. The highest BCUT2D eigenvalue weighted by atomic mass is 32.2. The first-order valence-electron chi connectivity index (χ1n) is 7.52. The van der Waals surface area contributed by atoms with E-state index in [9.17, 15) is 4.79 Å². The Bertz CT molecular complexity index is 912. The Labute approximate surface area is 138 Å². The first kappa shape index (κ1) is 15.8. The molecule has 0 aliphatic carbocycles. The first-order chi connectivity index (χ1) is 11.0. The minimum atomic E-state index is -0.318. The number of aryl methyl sites for hydroxylation is 2. The molecule has 23 heavy (non-hydrogen) atoms. The second-order valence-electron chi connectivity index (χ2n) is 5.93. The standard InChI is InChI=1S/C17H19N3O2S/c1-10(2)20-9-18-19-17(20)23-8-13-7-16(21)22-15-6-12(4)11(3)5-14(13)15/h5-7,9-10H,8H2,1-4H3. The van der Waals surface area contributed by atoms with E-state index in [1.165, 1.54) is 5.56 Å². The van der Waals surface area contributed by atoms with Gasteiger partial charge in [0.05, 0.1) is 0 Å². The van der Waals surface area contributed by atoms with Crippen molar-refractivity contribution in [2.75, 3.05) is 0 Å². The van der Waals surface area contributed by atoms with Crippen molar-refractivity contribution in [2.24, 2.45) is 0 Å². The van der Waals surface area contributed by atoms with Crippen molar-refractivity contribution in [3.05, 3.63) is 51.6 Å². The third-order valence-corrected chi connectivity index (χ3v) is 4.90. The lowest BCUT2D eigenvalue weighted by Gasteiger charge is -2.10. The van der Waals surface area contributed by atoms with Gasteiger partial charge in [-0.15, -0.1) is 10.2 Å². The summed E-state index contributed by atoms with van der Waals surface area (Å²) in [4.78, 5) is 11.8. The van der Waals surface area contributed by atoms with Crippen LogP contribution in [0.3, 0.4) is 0 Å². The number of benzene rings is 1. The zero-order valence-corrected chi connectivity index (χ0v) is 14.5. The number of rotatable bonds is 4. The molecule has 0 atom stereocenters. The van der Waals surface area contributed by atoms with Gasteiger partial charge in [-0.05, 0) is 56.5 Å². The lowest BCUT2D eigenvalue weighted by molar-refractivity contribution is 0.549. The molecule has 0 unspecified atom stereocenters. The van der Waals surface area contributed by atoms with Crippen LogP contribution in [-0.2, 0) is 5.75 Å². The number of nitrogens with zero attached hydrogens (tertiary/aromatic N) is 3. The molecule has 3 aromatic rings. The number of thioether (sulfide) groups is 1. The van der Waals surface area contributed by atoms with Gasteiger partial charge >= 0.3 is 5.63 Å². The molecule has 6 heteroatoms. The molecule has 0 saturated carbocycles. The summed E-state index contributed by atoms with van der Waals surface area (Å²) in [6.45, 7) is 8.26. The molecule has 0 N–H and O–H groups in total. The minimum Gasteiger partial charge on any atom is -0.423 e. The van der Waals surface area contributed by atoms with Crippen LogP contribution in [-0.4, -0.2) is 14.8 Å². The van der Waals surface area contributed by atoms with Crippen LogP contribution < -0.4 is 5.63 Å². The summed E-state index contributed by atoms with van der Waals surface area (Å²) >= 11 is 1.58. The molecule has 0 aliphatic heterocycles. The van der Waals surface area contributed by atoms with Gasteiger partial charge in [0.2, 0.25) is 0 Å². The molecule has 5 nitrogen and oxygen atoms in total. The third-order valence-electron chi connectivity index (χ3n) is 3.90. The molecule has 1 aromatic carbocycles. The maximum absolute atomic E-state index is 11.8. The molecule has 3 rings (SSSR count). The molecule has 0 aliphatic rings. The highest BCUT2D eigenvalue weighted by molar-refractivity contribution is 7.98. The van der Waals surface area contributed by atoms with Crippen LogP contribution in [0.4, 0.5) is 0 Å². The minimum absolute atomic E-state index is 0.301. The summed E-state index contributed by atoms with van der Waals surface area (Å²) in [6, 6.07) is 5.88. The van der Waals surface area contributed by atoms with Gasteiger partial charge < -0.3 is 8.98 Å². The average molecular weight is 329 g/mol. The van der Waals surface area contributed by atoms with E-state index in [0.29, 0.717) is 17.4 Å². The fraction of sp³-hybridized carbons (Fsp3) is 0.353. The quantitative estimate of drug-likeness (QED) is 0.537. The normalized spacial score (nSPS) is 11.5. The fourth-order valence-corrected chi connectivity index (χ4v) is 3.47. The van der Waals surface area contributed by atoms with Crippen molar-refractivity contribution in [1.29, 1.82) is 0 Å². The van der Waals surface area contributed by atoms with Crippen molar-refractivity contribution in [1.82, 2.24) is 14.8 Å². The van der Waals surface area contributed by atoms with Crippen molar-refractivity contribution in [2.45, 2.75) is 44.6 Å². The summed E-state index contributed by atoms with van der Waals surface area (Å²) in [5.41, 5.74) is 3.58. The van der Waals surface area contributed by atoms with Crippen molar-refractivity contribution >= 4 is 22.7 Å². The molecule has 2 heterocycles. The zero-order valence-electron chi connectivity index (χ0n) is 13.7. The lowest BCUT2D eigenvalue weighted by Crippen LogP contribution is -2.03. The second kappa shape index (κ2) is 6.20. The summed E-state index contributed by atoms with van der Waals surface area (Å²) in [7, 11) is 0. The monoisotopic (exact) mass is 329 g/mol. The van der Waals surface area contributed by atoms with Crippen molar-refractivity contribution in [3.8, 4) is 0 Å². The van der Waals surface area contributed by atoms with Crippen LogP contribution in [0, 0.1) is 13.8 Å². The number of fused-ring (bicyclic) bond motifs is 1. The van der Waals surface area contributed by atoms with E-state index in [1.807, 2.05) is 17.6 Å². The Kier molecular flexibility index (Phi) is 4.26. The Morgan fingerprint density at radius 3 is 2.70 bits per heavy atom. The summed E-state index contributed by atoms with van der Waals surface area (Å²) in [6.07, 6.45) is 1.73. The second-order valence-corrected chi connectivity index (χ2v) is 6.87. The van der Waals surface area contributed by atoms with E-state index < -0.39 is 0 Å². The molecule has 120 valence electrons. The van der Waals surface area contributed by atoms with Crippen LogP contribution in [0.2, 0.25) is 0 Å². The number of hydrogen-bond donors (Lipinski definition) is 0. The molecule has 0 bridgehead atoms. The summed E-state index contributed by atoms with van der Waals surface area (Å²) in [5, 5.41) is 9.97. The molecule has 0 fully saturated rings. The number of hydrogen-bond acceptors (Lipinski definition) is 5. The largest absolute Gasteiger partial charge is 0.423 e. The van der Waals surface area contributed by atoms with E-state index in [-0.39, 0.29) is 5.63 Å².